The van der Waals surface area contributed by atoms with Gasteiger partial charge in [0.15, 0.2) is 0 Å². The molecule has 1 aromatic rings. The van der Waals surface area contributed by atoms with Crippen LogP contribution < -0.4 is 11.1 Å². The minimum atomic E-state index is -0.135. The Morgan fingerprint density at radius 2 is 1.79 bits per heavy atom. The van der Waals surface area contributed by atoms with E-state index in [1.165, 1.54) is 30.4 Å². The quantitative estimate of drug-likeness (QED) is 0.876. The van der Waals surface area contributed by atoms with Gasteiger partial charge >= 0.3 is 0 Å². The molecule has 4 bridgehead atoms. The zero-order valence-corrected chi connectivity index (χ0v) is 15.3. The summed E-state index contributed by atoms with van der Waals surface area (Å²) in [4.78, 5) is 12.9. The van der Waals surface area contributed by atoms with Gasteiger partial charge in [0.25, 0.3) is 0 Å². The van der Waals surface area contributed by atoms with E-state index in [1.54, 1.807) is 0 Å². The number of amides is 1. The molecule has 0 aliphatic heterocycles. The smallest absolute Gasteiger partial charge is 0.226 e. The molecule has 0 aromatic heterocycles. The average molecular weight is 349 g/mol. The maximum absolute atomic E-state index is 12.9. The summed E-state index contributed by atoms with van der Waals surface area (Å²) in [5.41, 5.74) is 8.46. The Hall–Kier alpha value is -1.06. The first-order chi connectivity index (χ1) is 11.1. The van der Waals surface area contributed by atoms with E-state index in [0.717, 1.165) is 31.1 Å². The summed E-state index contributed by atoms with van der Waals surface area (Å²) in [5.74, 6) is 1.72. The van der Waals surface area contributed by atoms with E-state index in [0.29, 0.717) is 13.1 Å². The summed E-state index contributed by atoms with van der Waals surface area (Å²) in [6.45, 7) is 3.27. The average Bonchev–Trinajstić information content (AvgIpc) is 2.51. The molecule has 132 valence electrons. The zero-order valence-electron chi connectivity index (χ0n) is 14.5. The molecule has 0 radical (unpaired) electrons. The summed E-state index contributed by atoms with van der Waals surface area (Å²) in [5, 5.41) is 3.10. The Bertz CT molecular complexity index is 599. The Morgan fingerprint density at radius 1 is 1.17 bits per heavy atom. The van der Waals surface area contributed by atoms with E-state index in [1.807, 2.05) is 0 Å². The number of nitrogens with two attached hydrogens (primary N) is 1. The van der Waals surface area contributed by atoms with Crippen LogP contribution in [0.5, 0.6) is 0 Å². The zero-order chi connectivity index (χ0) is 16.1. The van der Waals surface area contributed by atoms with Crippen molar-refractivity contribution in [1.82, 2.24) is 5.32 Å². The van der Waals surface area contributed by atoms with Crippen LogP contribution in [-0.2, 0) is 10.2 Å². The predicted molar refractivity (Wildman–Crippen MR) is 99.3 cm³/mol. The molecule has 2 atom stereocenters. The molecule has 4 aliphatic carbocycles. The van der Waals surface area contributed by atoms with Crippen molar-refractivity contribution in [3.05, 3.63) is 35.4 Å². The normalized spacial score (nSPS) is 36.2. The first kappa shape index (κ1) is 17.8. The number of hydrogen-bond acceptors (Lipinski definition) is 2. The maximum atomic E-state index is 12.9. The van der Waals surface area contributed by atoms with Crippen molar-refractivity contribution in [2.75, 3.05) is 13.1 Å². The fourth-order valence-corrected chi connectivity index (χ4v) is 6.15. The van der Waals surface area contributed by atoms with Crippen molar-refractivity contribution in [3.63, 3.8) is 0 Å². The molecule has 5 rings (SSSR count). The lowest BCUT2D eigenvalue weighted by Gasteiger charge is -2.61. The number of carbonyl (C=O) groups excluding carboxylic acids is 1. The Kier molecular flexibility index (Phi) is 4.69. The Labute approximate surface area is 151 Å². The van der Waals surface area contributed by atoms with Crippen LogP contribution in [0.3, 0.4) is 0 Å². The van der Waals surface area contributed by atoms with Gasteiger partial charge in [-0.1, -0.05) is 29.8 Å². The summed E-state index contributed by atoms with van der Waals surface area (Å²) in [7, 11) is 0. The summed E-state index contributed by atoms with van der Waals surface area (Å²) in [6.07, 6.45) is 7.10. The molecule has 0 spiro atoms. The maximum Gasteiger partial charge on any atom is 0.226 e. The van der Waals surface area contributed by atoms with E-state index in [4.69, 9.17) is 5.73 Å². The highest BCUT2D eigenvalue weighted by molar-refractivity contribution is 5.85. The van der Waals surface area contributed by atoms with Crippen molar-refractivity contribution in [1.29, 1.82) is 0 Å². The summed E-state index contributed by atoms with van der Waals surface area (Å²) in [6, 6.07) is 9.09. The number of hydrogen-bond donors (Lipinski definition) is 2. The van der Waals surface area contributed by atoms with Crippen LogP contribution in [0.15, 0.2) is 24.3 Å². The molecule has 24 heavy (non-hydrogen) atoms. The first-order valence-electron chi connectivity index (χ1n) is 9.11. The number of nitrogens with one attached hydrogen (secondary N) is 1. The van der Waals surface area contributed by atoms with Gasteiger partial charge in [0, 0.05) is 13.1 Å². The number of carbonyl (C=O) groups is 1. The minimum absolute atomic E-state index is 0. The largest absolute Gasteiger partial charge is 0.354 e. The van der Waals surface area contributed by atoms with Gasteiger partial charge < -0.3 is 11.1 Å². The first-order valence-corrected chi connectivity index (χ1v) is 9.11. The van der Waals surface area contributed by atoms with Crippen LogP contribution in [0.2, 0.25) is 0 Å². The second-order valence-electron chi connectivity index (χ2n) is 8.43. The Balaban J connectivity index is 0.00000169. The molecule has 4 saturated carbocycles. The van der Waals surface area contributed by atoms with Crippen LogP contribution in [0.25, 0.3) is 0 Å². The highest BCUT2D eigenvalue weighted by Gasteiger charge is 2.60. The molecule has 4 heteroatoms. The van der Waals surface area contributed by atoms with E-state index in [9.17, 15) is 4.79 Å². The van der Waals surface area contributed by atoms with Crippen molar-refractivity contribution < 1.29 is 4.79 Å². The molecule has 1 amide bonds. The molecule has 1 aromatic carbocycles. The number of aryl methyl sites for hydroxylation is 1. The van der Waals surface area contributed by atoms with Gasteiger partial charge in [-0.15, -0.1) is 12.4 Å². The van der Waals surface area contributed by atoms with Gasteiger partial charge in [-0.2, -0.15) is 0 Å². The lowest BCUT2D eigenvalue weighted by Crippen LogP contribution is -2.59. The highest BCUT2D eigenvalue weighted by atomic mass is 35.5. The Morgan fingerprint density at radius 3 is 2.38 bits per heavy atom. The molecule has 4 aliphatic rings. The second kappa shape index (κ2) is 6.34. The van der Waals surface area contributed by atoms with Gasteiger partial charge in [0.1, 0.15) is 0 Å². The van der Waals surface area contributed by atoms with Crippen molar-refractivity contribution >= 4 is 18.3 Å². The van der Waals surface area contributed by atoms with Crippen molar-refractivity contribution in [2.45, 2.75) is 50.9 Å². The summed E-state index contributed by atoms with van der Waals surface area (Å²) < 4.78 is 0. The van der Waals surface area contributed by atoms with Gasteiger partial charge in [0.2, 0.25) is 5.91 Å². The standard InChI is InChI=1S/C20H28N2O.ClH/c1-14-2-4-17(5-3-14)19-9-15-8-16(10-19)12-20(11-15,13-19)18(23)22-7-6-21;/h2-5,15-16H,6-13,21H2,1H3,(H,22,23);1H. The van der Waals surface area contributed by atoms with Crippen molar-refractivity contribution in [3.8, 4) is 0 Å². The van der Waals surface area contributed by atoms with Crippen LogP contribution in [0, 0.1) is 24.2 Å². The molecule has 2 unspecified atom stereocenters. The predicted octanol–water partition coefficient (Wildman–Crippen LogP) is 3.33. The topological polar surface area (TPSA) is 55.1 Å². The number of halogens is 1. The molecule has 0 saturated heterocycles. The van der Waals surface area contributed by atoms with Crippen LogP contribution >= 0.6 is 12.4 Å². The third kappa shape index (κ3) is 2.76. The minimum Gasteiger partial charge on any atom is -0.354 e. The van der Waals surface area contributed by atoms with Crippen LogP contribution in [0.1, 0.15) is 49.7 Å². The van der Waals surface area contributed by atoms with E-state index in [2.05, 4.69) is 36.5 Å². The third-order valence-corrected chi connectivity index (χ3v) is 6.64. The van der Waals surface area contributed by atoms with Gasteiger partial charge in [0.05, 0.1) is 5.41 Å². The molecule has 3 N–H and O–H groups in total. The van der Waals surface area contributed by atoms with Gasteiger partial charge in [-0.25, -0.2) is 0 Å². The SMILES string of the molecule is Cc1ccc(C23CC4CC(CC(C(=O)NCCN)(C4)C2)C3)cc1.Cl. The van der Waals surface area contributed by atoms with Gasteiger partial charge in [-0.05, 0) is 68.3 Å². The van der Waals surface area contributed by atoms with Crippen LogP contribution in [0.4, 0.5) is 0 Å². The molecule has 4 fully saturated rings. The monoisotopic (exact) mass is 348 g/mol. The highest BCUT2D eigenvalue weighted by Crippen LogP contribution is 2.65. The fraction of sp³-hybridized carbons (Fsp3) is 0.650. The number of benzene rings is 1. The van der Waals surface area contributed by atoms with E-state index < -0.39 is 0 Å². The molecule has 0 heterocycles. The third-order valence-electron chi connectivity index (χ3n) is 6.64. The molecular weight excluding hydrogens is 320 g/mol. The lowest BCUT2D eigenvalue weighted by molar-refractivity contribution is -0.149. The van der Waals surface area contributed by atoms with Gasteiger partial charge in [-0.3, -0.25) is 4.79 Å². The molecular formula is C20H29ClN2O. The second-order valence-corrected chi connectivity index (χ2v) is 8.43. The molecule has 3 nitrogen and oxygen atoms in total. The van der Waals surface area contributed by atoms with Crippen molar-refractivity contribution in [2.24, 2.45) is 23.0 Å². The number of rotatable bonds is 4. The summed E-state index contributed by atoms with van der Waals surface area (Å²) >= 11 is 0. The van der Waals surface area contributed by atoms with E-state index in [-0.39, 0.29) is 29.1 Å². The fourth-order valence-electron chi connectivity index (χ4n) is 6.15. The van der Waals surface area contributed by atoms with Crippen LogP contribution in [-0.4, -0.2) is 19.0 Å². The van der Waals surface area contributed by atoms with E-state index >= 15 is 0 Å². The lowest BCUT2D eigenvalue weighted by atomic mass is 9.42.